The zero-order valence-electron chi connectivity index (χ0n) is 15.9. The molecule has 0 radical (unpaired) electrons. The topological polar surface area (TPSA) is 99.1 Å². The Morgan fingerprint density at radius 3 is 2.57 bits per heavy atom. The van der Waals surface area contributed by atoms with Crippen LogP contribution in [-0.2, 0) is 6.54 Å². The van der Waals surface area contributed by atoms with Crippen molar-refractivity contribution in [2.24, 2.45) is 0 Å². The molecule has 1 fully saturated rings. The van der Waals surface area contributed by atoms with Crippen molar-refractivity contribution in [2.45, 2.75) is 17.9 Å². The van der Waals surface area contributed by atoms with E-state index >= 15 is 0 Å². The first-order valence-electron chi connectivity index (χ1n) is 9.46. The second-order valence-electron chi connectivity index (χ2n) is 6.91. The van der Waals surface area contributed by atoms with Crippen molar-refractivity contribution in [3.05, 3.63) is 60.9 Å². The maximum atomic E-state index is 10.2. The zero-order valence-corrected chi connectivity index (χ0v) is 17.5. The highest BCUT2D eigenvalue weighted by atomic mass is 33.1. The molecule has 2 aromatic carbocycles. The third-order valence-corrected chi connectivity index (χ3v) is 7.76. The number of nitrogens with two attached hydrogens (primary N) is 1. The number of aromatic nitrogens is 4. The van der Waals surface area contributed by atoms with Crippen LogP contribution in [0.25, 0.3) is 22.3 Å². The lowest BCUT2D eigenvalue weighted by molar-refractivity contribution is 0.191. The van der Waals surface area contributed by atoms with E-state index in [-0.39, 0.29) is 11.4 Å². The average Bonchev–Trinajstić information content (AvgIpc) is 3.34. The van der Waals surface area contributed by atoms with Gasteiger partial charge in [0.05, 0.1) is 23.3 Å². The number of rotatable bonds is 5. The largest absolute Gasteiger partial charge is 0.457 e. The Hall–Kier alpha value is -2.75. The molecule has 5 rings (SSSR count). The van der Waals surface area contributed by atoms with E-state index in [4.69, 9.17) is 15.6 Å². The maximum Gasteiger partial charge on any atom is 0.164 e. The summed E-state index contributed by atoms with van der Waals surface area (Å²) in [5.74, 6) is 2.63. The number of nitrogen functional groups attached to an aromatic ring is 1. The van der Waals surface area contributed by atoms with Gasteiger partial charge in [0.2, 0.25) is 0 Å². The Kier molecular flexibility index (Phi) is 5.24. The predicted octanol–water partition coefficient (Wildman–Crippen LogP) is 3.99. The summed E-state index contributed by atoms with van der Waals surface area (Å²) in [5.41, 5.74) is 8.48. The number of para-hydroxylation sites is 1. The Labute approximate surface area is 181 Å². The number of aliphatic hydroxyl groups excluding tert-OH is 1. The Bertz CT molecular complexity index is 1170. The van der Waals surface area contributed by atoms with Crippen molar-refractivity contribution in [3.63, 3.8) is 0 Å². The van der Waals surface area contributed by atoms with Gasteiger partial charge in [0, 0.05) is 11.3 Å². The van der Waals surface area contributed by atoms with Crippen LogP contribution in [0.5, 0.6) is 11.5 Å². The molecule has 152 valence electrons. The molecule has 0 spiro atoms. The highest BCUT2D eigenvalue weighted by Gasteiger charge is 2.29. The van der Waals surface area contributed by atoms with Crippen LogP contribution in [0.2, 0.25) is 0 Å². The quantitative estimate of drug-likeness (QED) is 0.452. The smallest absolute Gasteiger partial charge is 0.164 e. The summed E-state index contributed by atoms with van der Waals surface area (Å²) in [6.07, 6.45) is 1.08. The summed E-state index contributed by atoms with van der Waals surface area (Å²) in [6.45, 7) is 0.557. The van der Waals surface area contributed by atoms with Gasteiger partial charge in [-0.05, 0) is 36.4 Å². The zero-order chi connectivity index (χ0) is 20.5. The van der Waals surface area contributed by atoms with E-state index in [0.717, 1.165) is 33.9 Å². The third kappa shape index (κ3) is 3.71. The summed E-state index contributed by atoms with van der Waals surface area (Å²) in [7, 11) is 3.36. The molecule has 0 saturated carbocycles. The fourth-order valence-corrected chi connectivity index (χ4v) is 6.27. The Morgan fingerprint density at radius 2 is 1.83 bits per heavy atom. The fourth-order valence-electron chi connectivity index (χ4n) is 3.36. The summed E-state index contributed by atoms with van der Waals surface area (Å²) in [6, 6.07) is 17.3. The number of hydrogen-bond acceptors (Lipinski definition) is 8. The molecule has 3 heterocycles. The molecule has 0 amide bonds. The average molecular weight is 438 g/mol. The second-order valence-corrected chi connectivity index (χ2v) is 9.57. The van der Waals surface area contributed by atoms with Crippen molar-refractivity contribution >= 4 is 38.4 Å². The van der Waals surface area contributed by atoms with Gasteiger partial charge in [0.25, 0.3) is 0 Å². The summed E-state index contributed by atoms with van der Waals surface area (Å²) in [4.78, 5) is 8.57. The lowest BCUT2D eigenvalue weighted by Crippen LogP contribution is -2.25. The fraction of sp³-hybridized carbons (Fsp3) is 0.190. The molecule has 1 aliphatic rings. The molecule has 1 aliphatic heterocycles. The van der Waals surface area contributed by atoms with Crippen LogP contribution in [0.15, 0.2) is 60.9 Å². The van der Waals surface area contributed by atoms with E-state index in [9.17, 15) is 5.11 Å². The molecule has 2 aromatic heterocycles. The molecule has 0 aliphatic carbocycles. The van der Waals surface area contributed by atoms with Crippen LogP contribution in [0.1, 0.15) is 0 Å². The monoisotopic (exact) mass is 437 g/mol. The molecule has 1 saturated heterocycles. The van der Waals surface area contributed by atoms with Gasteiger partial charge in [-0.1, -0.05) is 39.8 Å². The van der Waals surface area contributed by atoms with E-state index in [1.165, 1.54) is 6.33 Å². The minimum absolute atomic E-state index is 0.0591. The first-order chi connectivity index (χ1) is 14.7. The number of benzene rings is 2. The first kappa shape index (κ1) is 19.2. The van der Waals surface area contributed by atoms with Crippen molar-refractivity contribution in [3.8, 4) is 22.8 Å². The van der Waals surface area contributed by atoms with E-state index in [2.05, 4.69) is 9.97 Å². The number of nitrogens with zero attached hydrogens (tertiary/aromatic N) is 4. The van der Waals surface area contributed by atoms with Crippen LogP contribution in [-0.4, -0.2) is 42.0 Å². The molecule has 30 heavy (non-hydrogen) atoms. The van der Waals surface area contributed by atoms with Crippen LogP contribution in [0.3, 0.4) is 0 Å². The first-order valence-corrected chi connectivity index (χ1v) is 11.8. The summed E-state index contributed by atoms with van der Waals surface area (Å²) < 4.78 is 7.70. The maximum absolute atomic E-state index is 10.2. The minimum atomic E-state index is -0.365. The van der Waals surface area contributed by atoms with Crippen LogP contribution >= 0.6 is 21.6 Å². The van der Waals surface area contributed by atoms with Crippen LogP contribution in [0.4, 0.5) is 5.82 Å². The lowest BCUT2D eigenvalue weighted by Gasteiger charge is -2.12. The van der Waals surface area contributed by atoms with Gasteiger partial charge in [0.15, 0.2) is 5.65 Å². The van der Waals surface area contributed by atoms with Gasteiger partial charge < -0.3 is 15.6 Å². The molecular formula is C21H19N5O2S2. The standard InChI is InChI=1S/C21H19N5O2S2/c22-20-18-19(13-6-8-15(9-7-13)28-14-4-2-1-3-5-14)25-26(21(18)24-12-23-20)10-17-16(27)11-29-30-17/h1-9,12,16-17,27H,10-11H2,(H2,22,23,24)/t16-,17+/m0/s1. The number of aliphatic hydroxyl groups is 1. The van der Waals surface area contributed by atoms with Gasteiger partial charge in [0.1, 0.15) is 29.3 Å². The summed E-state index contributed by atoms with van der Waals surface area (Å²) >= 11 is 0. The number of fused-ring (bicyclic) bond motifs is 1. The number of anilines is 1. The van der Waals surface area contributed by atoms with Crippen molar-refractivity contribution in [2.75, 3.05) is 11.5 Å². The van der Waals surface area contributed by atoms with Crippen molar-refractivity contribution in [1.29, 1.82) is 0 Å². The normalized spacial score (nSPS) is 18.7. The van der Waals surface area contributed by atoms with E-state index < -0.39 is 0 Å². The van der Waals surface area contributed by atoms with Crippen LogP contribution < -0.4 is 10.5 Å². The number of hydrogen-bond donors (Lipinski definition) is 2. The van der Waals surface area contributed by atoms with Gasteiger partial charge in [-0.15, -0.1) is 0 Å². The predicted molar refractivity (Wildman–Crippen MR) is 122 cm³/mol. The second kappa shape index (κ2) is 8.17. The van der Waals surface area contributed by atoms with Crippen molar-refractivity contribution < 1.29 is 9.84 Å². The molecule has 3 N–H and O–H groups in total. The molecular weight excluding hydrogens is 418 g/mol. The lowest BCUT2D eigenvalue weighted by atomic mass is 10.1. The van der Waals surface area contributed by atoms with E-state index in [1.807, 2.05) is 59.3 Å². The SMILES string of the molecule is Nc1ncnc2c1c(-c1ccc(Oc3ccccc3)cc1)nn2C[C@H]1SSC[C@@H]1O. The van der Waals surface area contributed by atoms with Gasteiger partial charge in [-0.3, -0.25) is 0 Å². The molecule has 4 aromatic rings. The molecule has 0 unspecified atom stereocenters. The van der Waals surface area contributed by atoms with Gasteiger partial charge in [-0.2, -0.15) is 5.10 Å². The Balaban J connectivity index is 1.49. The van der Waals surface area contributed by atoms with Gasteiger partial charge >= 0.3 is 0 Å². The van der Waals surface area contributed by atoms with E-state index in [0.29, 0.717) is 18.0 Å². The molecule has 2 atom stereocenters. The molecule has 7 nitrogen and oxygen atoms in total. The summed E-state index contributed by atoms with van der Waals surface area (Å²) in [5, 5.41) is 15.8. The highest BCUT2D eigenvalue weighted by Crippen LogP contribution is 2.39. The Morgan fingerprint density at radius 1 is 1.07 bits per heavy atom. The third-order valence-electron chi connectivity index (χ3n) is 4.88. The van der Waals surface area contributed by atoms with E-state index in [1.54, 1.807) is 21.6 Å². The van der Waals surface area contributed by atoms with Crippen LogP contribution in [0, 0.1) is 0 Å². The highest BCUT2D eigenvalue weighted by molar-refractivity contribution is 8.77. The van der Waals surface area contributed by atoms with Gasteiger partial charge in [-0.25, -0.2) is 14.6 Å². The minimum Gasteiger partial charge on any atom is -0.457 e. The van der Waals surface area contributed by atoms with Crippen molar-refractivity contribution in [1.82, 2.24) is 19.7 Å². The molecule has 9 heteroatoms. The number of ether oxygens (including phenoxy) is 1. The molecule has 0 bridgehead atoms.